The van der Waals surface area contributed by atoms with E-state index >= 15 is 0 Å². The van der Waals surface area contributed by atoms with E-state index in [0.717, 1.165) is 19.5 Å². The van der Waals surface area contributed by atoms with Gasteiger partial charge in [-0.05, 0) is 56.5 Å². The van der Waals surface area contributed by atoms with Gasteiger partial charge in [-0.25, -0.2) is 4.39 Å². The number of rotatable bonds is 4. The van der Waals surface area contributed by atoms with Crippen molar-refractivity contribution in [2.45, 2.75) is 19.3 Å². The highest BCUT2D eigenvalue weighted by Gasteiger charge is 2.13. The molecule has 1 aliphatic rings. The van der Waals surface area contributed by atoms with Crippen molar-refractivity contribution < 1.29 is 9.13 Å². The maximum absolute atomic E-state index is 12.9. The first-order valence-electron chi connectivity index (χ1n) is 6.33. The fourth-order valence-corrected chi connectivity index (χ4v) is 2.22. The normalized spacial score (nSPS) is 19.2. The van der Waals surface area contributed by atoms with Crippen LogP contribution in [0.3, 0.4) is 0 Å². The molecule has 0 aliphatic carbocycles. The van der Waals surface area contributed by atoms with E-state index in [4.69, 9.17) is 10.00 Å². The molecule has 1 aromatic rings. The second-order valence-corrected chi connectivity index (χ2v) is 4.60. The van der Waals surface area contributed by atoms with Gasteiger partial charge in [-0.15, -0.1) is 0 Å². The molecule has 1 fully saturated rings. The number of hydrogen-bond acceptors (Lipinski definition) is 3. The molecule has 18 heavy (non-hydrogen) atoms. The molecule has 0 bridgehead atoms. The van der Waals surface area contributed by atoms with Crippen molar-refractivity contribution in [1.82, 2.24) is 5.32 Å². The fourth-order valence-electron chi connectivity index (χ4n) is 2.22. The summed E-state index contributed by atoms with van der Waals surface area (Å²) in [5, 5.41) is 12.2. The van der Waals surface area contributed by atoms with E-state index in [0.29, 0.717) is 18.3 Å². The highest BCUT2D eigenvalue weighted by atomic mass is 19.1. The summed E-state index contributed by atoms with van der Waals surface area (Å²) in [6, 6.07) is 5.99. The Labute approximate surface area is 107 Å². The van der Waals surface area contributed by atoms with Crippen LogP contribution in [0.2, 0.25) is 0 Å². The number of nitrogens with one attached hydrogen (secondary N) is 1. The monoisotopic (exact) mass is 248 g/mol. The molecule has 1 unspecified atom stereocenters. The second-order valence-electron chi connectivity index (χ2n) is 4.60. The smallest absolute Gasteiger partial charge is 0.137 e. The van der Waals surface area contributed by atoms with Crippen LogP contribution < -0.4 is 10.1 Å². The fraction of sp³-hybridized carbons (Fsp3) is 0.500. The molecular weight excluding hydrogens is 231 g/mol. The highest BCUT2D eigenvalue weighted by molar-refractivity contribution is 5.42. The topological polar surface area (TPSA) is 45.0 Å². The molecule has 3 nitrogen and oxygen atoms in total. The molecule has 4 heteroatoms. The van der Waals surface area contributed by atoms with E-state index in [2.05, 4.69) is 5.32 Å². The zero-order valence-corrected chi connectivity index (χ0v) is 10.3. The Morgan fingerprint density at radius 3 is 3.11 bits per heavy atom. The van der Waals surface area contributed by atoms with Crippen molar-refractivity contribution in [3.8, 4) is 11.8 Å². The van der Waals surface area contributed by atoms with Crippen LogP contribution in [0.25, 0.3) is 0 Å². The molecular formula is C14H17FN2O. The number of nitriles is 1. The number of hydrogen-bond donors (Lipinski definition) is 1. The molecule has 1 atom stereocenters. The van der Waals surface area contributed by atoms with Crippen molar-refractivity contribution in [3.05, 3.63) is 29.6 Å². The third-order valence-electron chi connectivity index (χ3n) is 3.24. The lowest BCUT2D eigenvalue weighted by atomic mass is 9.97. The summed E-state index contributed by atoms with van der Waals surface area (Å²) < 4.78 is 18.5. The number of benzene rings is 1. The summed E-state index contributed by atoms with van der Waals surface area (Å²) in [4.78, 5) is 0. The molecule has 1 saturated heterocycles. The first-order valence-corrected chi connectivity index (χ1v) is 6.33. The number of piperidine rings is 1. The quantitative estimate of drug-likeness (QED) is 0.890. The zero-order chi connectivity index (χ0) is 12.8. The lowest BCUT2D eigenvalue weighted by Gasteiger charge is -2.22. The van der Waals surface area contributed by atoms with Crippen LogP contribution in [-0.4, -0.2) is 19.7 Å². The Morgan fingerprint density at radius 1 is 1.50 bits per heavy atom. The Balaban J connectivity index is 1.84. The second kappa shape index (κ2) is 6.36. The predicted molar refractivity (Wildman–Crippen MR) is 66.8 cm³/mol. The summed E-state index contributed by atoms with van der Waals surface area (Å²) in [7, 11) is 0. The third-order valence-corrected chi connectivity index (χ3v) is 3.24. The molecule has 1 aromatic carbocycles. The van der Waals surface area contributed by atoms with Crippen LogP contribution in [0.15, 0.2) is 18.2 Å². The third kappa shape index (κ3) is 3.44. The van der Waals surface area contributed by atoms with Crippen LogP contribution in [0.1, 0.15) is 24.8 Å². The minimum Gasteiger partial charge on any atom is -0.492 e. The van der Waals surface area contributed by atoms with Gasteiger partial charge in [0, 0.05) is 0 Å². The molecule has 0 amide bonds. The molecule has 0 saturated carbocycles. The van der Waals surface area contributed by atoms with Crippen LogP contribution in [-0.2, 0) is 0 Å². The molecule has 0 aromatic heterocycles. The lowest BCUT2D eigenvalue weighted by molar-refractivity contribution is 0.253. The average molecular weight is 248 g/mol. The Hall–Kier alpha value is -1.60. The Bertz CT molecular complexity index is 436. The number of halogens is 1. The van der Waals surface area contributed by atoms with Crippen molar-refractivity contribution in [1.29, 1.82) is 5.26 Å². The van der Waals surface area contributed by atoms with Crippen LogP contribution in [0.4, 0.5) is 4.39 Å². The van der Waals surface area contributed by atoms with Crippen molar-refractivity contribution in [2.24, 2.45) is 5.92 Å². The minimum absolute atomic E-state index is 0.261. The number of ether oxygens (including phenoxy) is 1. The van der Waals surface area contributed by atoms with E-state index in [-0.39, 0.29) is 5.56 Å². The van der Waals surface area contributed by atoms with E-state index in [9.17, 15) is 4.39 Å². The van der Waals surface area contributed by atoms with Crippen molar-refractivity contribution >= 4 is 0 Å². The van der Waals surface area contributed by atoms with E-state index in [1.807, 2.05) is 6.07 Å². The Morgan fingerprint density at radius 2 is 2.39 bits per heavy atom. The maximum atomic E-state index is 12.9. The average Bonchev–Trinajstić information content (AvgIpc) is 2.41. The standard InChI is InChI=1S/C14H17FN2O/c15-13-3-4-14(12(8-13)9-16)18-7-5-11-2-1-6-17-10-11/h3-4,8,11,17H,1-2,5-7,10H2. The van der Waals surface area contributed by atoms with Gasteiger partial charge in [-0.1, -0.05) is 0 Å². The zero-order valence-electron chi connectivity index (χ0n) is 10.3. The number of nitrogens with zero attached hydrogens (tertiary/aromatic N) is 1. The highest BCUT2D eigenvalue weighted by Crippen LogP contribution is 2.20. The lowest BCUT2D eigenvalue weighted by Crippen LogP contribution is -2.30. The van der Waals surface area contributed by atoms with Crippen LogP contribution in [0.5, 0.6) is 5.75 Å². The van der Waals surface area contributed by atoms with Gasteiger partial charge >= 0.3 is 0 Å². The van der Waals surface area contributed by atoms with Gasteiger partial charge in [0.2, 0.25) is 0 Å². The van der Waals surface area contributed by atoms with Gasteiger partial charge in [0.05, 0.1) is 12.2 Å². The van der Waals surface area contributed by atoms with Gasteiger partial charge in [-0.2, -0.15) is 5.26 Å². The van der Waals surface area contributed by atoms with E-state index < -0.39 is 5.82 Å². The summed E-state index contributed by atoms with van der Waals surface area (Å²) in [5.74, 6) is 0.711. The van der Waals surface area contributed by atoms with Gasteiger partial charge in [0.1, 0.15) is 17.6 Å². The summed E-state index contributed by atoms with van der Waals surface area (Å²) >= 11 is 0. The van der Waals surface area contributed by atoms with E-state index in [1.165, 1.54) is 31.0 Å². The molecule has 1 aliphatic heterocycles. The largest absolute Gasteiger partial charge is 0.492 e. The molecule has 96 valence electrons. The van der Waals surface area contributed by atoms with Gasteiger partial charge in [0.25, 0.3) is 0 Å². The SMILES string of the molecule is N#Cc1cc(F)ccc1OCCC1CCCNC1. The maximum Gasteiger partial charge on any atom is 0.137 e. The van der Waals surface area contributed by atoms with Gasteiger partial charge in [0.15, 0.2) is 0 Å². The molecule has 2 rings (SSSR count). The van der Waals surface area contributed by atoms with Crippen molar-refractivity contribution in [3.63, 3.8) is 0 Å². The van der Waals surface area contributed by atoms with Crippen LogP contribution >= 0.6 is 0 Å². The molecule has 0 spiro atoms. The summed E-state index contributed by atoms with van der Waals surface area (Å²) in [5.41, 5.74) is 0.261. The first-order chi connectivity index (χ1) is 8.79. The van der Waals surface area contributed by atoms with Gasteiger partial charge in [-0.3, -0.25) is 0 Å². The first kappa shape index (κ1) is 12.8. The molecule has 1 heterocycles. The summed E-state index contributed by atoms with van der Waals surface area (Å²) in [6.07, 6.45) is 3.41. The minimum atomic E-state index is -0.407. The van der Waals surface area contributed by atoms with Gasteiger partial charge < -0.3 is 10.1 Å². The van der Waals surface area contributed by atoms with Crippen LogP contribution in [0, 0.1) is 23.1 Å². The van der Waals surface area contributed by atoms with Crippen molar-refractivity contribution in [2.75, 3.05) is 19.7 Å². The Kier molecular flexibility index (Phi) is 4.54. The summed E-state index contributed by atoms with van der Waals surface area (Å²) in [6.45, 7) is 2.72. The van der Waals surface area contributed by atoms with E-state index in [1.54, 1.807) is 0 Å². The molecule has 1 N–H and O–H groups in total. The predicted octanol–water partition coefficient (Wildman–Crippen LogP) is 2.47. The molecule has 0 radical (unpaired) electrons.